The van der Waals surface area contributed by atoms with Gasteiger partial charge in [-0.25, -0.2) is 13.8 Å². The molecule has 2 aromatic rings. The summed E-state index contributed by atoms with van der Waals surface area (Å²) < 4.78 is 24.4. The quantitative estimate of drug-likeness (QED) is 0.860. The van der Waals surface area contributed by atoms with Gasteiger partial charge in [-0.05, 0) is 11.8 Å². The van der Waals surface area contributed by atoms with Crippen molar-refractivity contribution in [3.63, 3.8) is 0 Å². The van der Waals surface area contributed by atoms with Crippen LogP contribution < -0.4 is 10.6 Å². The van der Waals surface area contributed by atoms with E-state index in [9.17, 15) is 13.6 Å². The molecule has 1 heterocycles. The van der Waals surface area contributed by atoms with E-state index in [4.69, 9.17) is 0 Å². The Morgan fingerprint density at radius 2 is 2.00 bits per heavy atom. The molecule has 0 aliphatic carbocycles. The van der Waals surface area contributed by atoms with Gasteiger partial charge in [0.2, 0.25) is 0 Å². The second kappa shape index (κ2) is 6.97. The Bertz CT molecular complexity index is 631. The maximum atomic E-state index is 12.2. The molecule has 112 valence electrons. The third kappa shape index (κ3) is 3.65. The lowest BCUT2D eigenvalue weighted by Crippen LogP contribution is -2.28. The van der Waals surface area contributed by atoms with E-state index < -0.39 is 18.9 Å². The zero-order valence-corrected chi connectivity index (χ0v) is 11.7. The van der Waals surface area contributed by atoms with Crippen molar-refractivity contribution >= 4 is 22.5 Å². The average molecular weight is 293 g/mol. The van der Waals surface area contributed by atoms with Crippen molar-refractivity contribution in [1.29, 1.82) is 0 Å². The van der Waals surface area contributed by atoms with E-state index in [-0.39, 0.29) is 0 Å². The minimum Gasteiger partial charge on any atom is -0.370 e. The topological polar surface area (TPSA) is 54.0 Å². The number of hydrogen-bond acceptors (Lipinski definition) is 3. The summed E-state index contributed by atoms with van der Waals surface area (Å²) in [6, 6.07) is 7.29. The minimum atomic E-state index is -2.57. The van der Waals surface area contributed by atoms with Crippen LogP contribution in [0.3, 0.4) is 0 Å². The number of pyridine rings is 1. The minimum absolute atomic E-state index is 0.299. The van der Waals surface area contributed by atoms with Crippen LogP contribution >= 0.6 is 0 Å². The van der Waals surface area contributed by atoms with E-state index in [1.165, 1.54) is 6.20 Å². The van der Waals surface area contributed by atoms with Crippen LogP contribution in [0.5, 0.6) is 0 Å². The lowest BCUT2D eigenvalue weighted by molar-refractivity contribution is 0.0893. The first-order valence-corrected chi connectivity index (χ1v) is 6.81. The van der Waals surface area contributed by atoms with Crippen molar-refractivity contribution < 1.29 is 13.6 Å². The molecule has 2 rings (SSSR count). The molecular formula is C15H17F2N3O. The third-order valence-electron chi connectivity index (χ3n) is 3.00. The molecule has 0 saturated heterocycles. The Balaban J connectivity index is 2.35. The number of benzene rings is 1. The van der Waals surface area contributed by atoms with Gasteiger partial charge in [0.15, 0.2) is 0 Å². The van der Waals surface area contributed by atoms with Crippen molar-refractivity contribution in [2.24, 2.45) is 0 Å². The van der Waals surface area contributed by atoms with Crippen LogP contribution in [-0.2, 0) is 0 Å². The van der Waals surface area contributed by atoms with Gasteiger partial charge in [0.1, 0.15) is 5.82 Å². The Hall–Kier alpha value is -2.24. The van der Waals surface area contributed by atoms with Gasteiger partial charge in [0, 0.05) is 18.1 Å². The molecule has 1 aromatic carbocycles. The summed E-state index contributed by atoms with van der Waals surface area (Å²) in [7, 11) is 0. The molecule has 0 saturated carbocycles. The highest BCUT2D eigenvalue weighted by molar-refractivity contribution is 6.09. The van der Waals surface area contributed by atoms with Crippen LogP contribution in [0.15, 0.2) is 30.5 Å². The van der Waals surface area contributed by atoms with E-state index >= 15 is 0 Å². The molecule has 0 atom stereocenters. The summed E-state index contributed by atoms with van der Waals surface area (Å²) in [5.41, 5.74) is 0.299. The van der Waals surface area contributed by atoms with E-state index in [0.717, 1.165) is 18.4 Å². The third-order valence-corrected chi connectivity index (χ3v) is 3.00. The fraction of sp³-hybridized carbons (Fsp3) is 0.333. The Morgan fingerprint density at radius 1 is 1.29 bits per heavy atom. The standard InChI is InChI=1S/C15H17F2N3O/c1-2-7-18-14-11-6-4-3-5-10(11)12(8-19-14)15(21)20-9-13(16)17/h3-6,8,13H,2,7,9H2,1H3,(H,18,19)(H,20,21). The van der Waals surface area contributed by atoms with Crippen LogP contribution in [0.4, 0.5) is 14.6 Å². The Labute approximate surface area is 121 Å². The van der Waals surface area contributed by atoms with Crippen molar-refractivity contribution in [2.45, 2.75) is 19.8 Å². The maximum absolute atomic E-state index is 12.2. The van der Waals surface area contributed by atoms with Gasteiger partial charge in [-0.2, -0.15) is 0 Å². The molecule has 1 aromatic heterocycles. The van der Waals surface area contributed by atoms with Gasteiger partial charge in [0.25, 0.3) is 12.3 Å². The molecule has 0 radical (unpaired) electrons. The van der Waals surface area contributed by atoms with Crippen molar-refractivity contribution in [1.82, 2.24) is 10.3 Å². The summed E-state index contributed by atoms with van der Waals surface area (Å²) in [5, 5.41) is 6.89. The molecule has 0 aliphatic heterocycles. The molecule has 6 heteroatoms. The highest BCUT2D eigenvalue weighted by Crippen LogP contribution is 2.24. The highest BCUT2D eigenvalue weighted by atomic mass is 19.3. The van der Waals surface area contributed by atoms with Gasteiger partial charge >= 0.3 is 0 Å². The molecule has 21 heavy (non-hydrogen) atoms. The Morgan fingerprint density at radius 3 is 2.67 bits per heavy atom. The number of hydrogen-bond donors (Lipinski definition) is 2. The van der Waals surface area contributed by atoms with Crippen LogP contribution in [0.1, 0.15) is 23.7 Å². The maximum Gasteiger partial charge on any atom is 0.255 e. The van der Waals surface area contributed by atoms with Gasteiger partial charge < -0.3 is 10.6 Å². The fourth-order valence-electron chi connectivity index (χ4n) is 2.02. The van der Waals surface area contributed by atoms with Gasteiger partial charge in [-0.15, -0.1) is 0 Å². The zero-order valence-electron chi connectivity index (χ0n) is 11.7. The molecule has 1 amide bonds. The average Bonchev–Trinajstić information content (AvgIpc) is 2.50. The number of halogens is 2. The second-order valence-corrected chi connectivity index (χ2v) is 4.59. The molecule has 0 bridgehead atoms. The molecular weight excluding hydrogens is 276 g/mol. The number of nitrogens with one attached hydrogen (secondary N) is 2. The number of alkyl halides is 2. The molecule has 0 spiro atoms. The molecule has 4 nitrogen and oxygen atoms in total. The van der Waals surface area contributed by atoms with Crippen molar-refractivity contribution in [3.05, 3.63) is 36.0 Å². The van der Waals surface area contributed by atoms with Crippen molar-refractivity contribution in [2.75, 3.05) is 18.4 Å². The highest BCUT2D eigenvalue weighted by Gasteiger charge is 2.14. The number of amides is 1. The van der Waals surface area contributed by atoms with E-state index in [0.29, 0.717) is 16.8 Å². The van der Waals surface area contributed by atoms with Crippen LogP contribution in [0.2, 0.25) is 0 Å². The second-order valence-electron chi connectivity index (χ2n) is 4.59. The molecule has 0 aliphatic rings. The van der Waals surface area contributed by atoms with E-state index in [2.05, 4.69) is 15.6 Å². The number of carbonyl (C=O) groups is 1. The summed E-state index contributed by atoms with van der Waals surface area (Å²) in [6.07, 6.45) is -0.202. The van der Waals surface area contributed by atoms with E-state index in [1.807, 2.05) is 19.1 Å². The first-order valence-electron chi connectivity index (χ1n) is 6.81. The summed E-state index contributed by atoms with van der Waals surface area (Å²) in [5.74, 6) is 0.152. The lowest BCUT2D eigenvalue weighted by Gasteiger charge is -2.11. The van der Waals surface area contributed by atoms with Crippen molar-refractivity contribution in [3.8, 4) is 0 Å². The summed E-state index contributed by atoms with van der Waals surface area (Å²) >= 11 is 0. The number of anilines is 1. The molecule has 0 unspecified atom stereocenters. The first-order chi connectivity index (χ1) is 10.1. The zero-order chi connectivity index (χ0) is 15.2. The van der Waals surface area contributed by atoms with Crippen LogP contribution in [0, 0.1) is 0 Å². The molecule has 2 N–H and O–H groups in total. The number of nitrogens with zero attached hydrogens (tertiary/aromatic N) is 1. The largest absolute Gasteiger partial charge is 0.370 e. The number of aromatic nitrogens is 1. The normalized spacial score (nSPS) is 10.9. The van der Waals surface area contributed by atoms with Gasteiger partial charge in [-0.3, -0.25) is 4.79 Å². The number of carbonyl (C=O) groups excluding carboxylic acids is 1. The predicted molar refractivity (Wildman–Crippen MR) is 78.9 cm³/mol. The molecule has 0 fully saturated rings. The smallest absolute Gasteiger partial charge is 0.255 e. The van der Waals surface area contributed by atoms with E-state index in [1.54, 1.807) is 12.1 Å². The monoisotopic (exact) mass is 293 g/mol. The number of rotatable bonds is 6. The van der Waals surface area contributed by atoms with Gasteiger partial charge in [-0.1, -0.05) is 31.2 Å². The predicted octanol–water partition coefficient (Wildman–Crippen LogP) is 3.05. The fourth-order valence-corrected chi connectivity index (χ4v) is 2.02. The first kappa shape index (κ1) is 15.2. The lowest BCUT2D eigenvalue weighted by atomic mass is 10.1. The van der Waals surface area contributed by atoms with Crippen LogP contribution in [-0.4, -0.2) is 30.4 Å². The summed E-state index contributed by atoms with van der Waals surface area (Å²) in [6.45, 7) is 2.15. The van der Waals surface area contributed by atoms with Crippen LogP contribution in [0.25, 0.3) is 10.8 Å². The SMILES string of the molecule is CCCNc1ncc(C(=O)NCC(F)F)c2ccccc12. The van der Waals surface area contributed by atoms with Gasteiger partial charge in [0.05, 0.1) is 12.1 Å². The Kier molecular flexibility index (Phi) is 5.03. The number of fused-ring (bicyclic) bond motifs is 1. The summed E-state index contributed by atoms with van der Waals surface area (Å²) in [4.78, 5) is 16.2.